The van der Waals surface area contributed by atoms with Crippen LogP contribution in [0.5, 0.6) is 5.75 Å². The van der Waals surface area contributed by atoms with Crippen LogP contribution in [0.25, 0.3) is 0 Å². The summed E-state index contributed by atoms with van der Waals surface area (Å²) in [6.07, 6.45) is 4.19. The Balaban J connectivity index is 1.92. The van der Waals surface area contributed by atoms with Gasteiger partial charge < -0.3 is 9.64 Å². The van der Waals surface area contributed by atoms with E-state index in [1.165, 1.54) is 5.70 Å². The Morgan fingerprint density at radius 2 is 1.91 bits per heavy atom. The summed E-state index contributed by atoms with van der Waals surface area (Å²) in [7, 11) is 2.08. The van der Waals surface area contributed by atoms with Gasteiger partial charge in [-0.15, -0.1) is 0 Å². The van der Waals surface area contributed by atoms with Crippen LogP contribution < -0.4 is 4.74 Å². The second-order valence-corrected chi connectivity index (χ2v) is 7.01. The van der Waals surface area contributed by atoms with Crippen molar-refractivity contribution < 1.29 is 9.53 Å². The van der Waals surface area contributed by atoms with E-state index < -0.39 is 0 Å². The third kappa shape index (κ3) is 2.94. The van der Waals surface area contributed by atoms with E-state index in [9.17, 15) is 4.79 Å². The zero-order valence-electron chi connectivity index (χ0n) is 13.6. The molecule has 1 aromatic carbocycles. The number of ether oxygens (including phenoxy) is 1. The highest BCUT2D eigenvalue weighted by Crippen LogP contribution is 2.42. The largest absolute Gasteiger partial charge is 0.465 e. The van der Waals surface area contributed by atoms with Gasteiger partial charge in [0.2, 0.25) is 0 Å². The number of hydrogen-bond donors (Lipinski definition) is 0. The molecule has 3 heteroatoms. The first-order valence-electron chi connectivity index (χ1n) is 7.85. The minimum absolute atomic E-state index is 0.0485. The van der Waals surface area contributed by atoms with Gasteiger partial charge in [-0.1, -0.05) is 32.0 Å². The Morgan fingerprint density at radius 3 is 2.64 bits per heavy atom. The Morgan fingerprint density at radius 1 is 1.18 bits per heavy atom. The average Bonchev–Trinajstić information content (AvgIpc) is 2.47. The van der Waals surface area contributed by atoms with E-state index in [4.69, 9.17) is 4.74 Å². The van der Waals surface area contributed by atoms with Gasteiger partial charge in [0.05, 0.1) is 6.26 Å². The van der Waals surface area contributed by atoms with Gasteiger partial charge in [0.1, 0.15) is 5.75 Å². The number of ketones is 1. The molecule has 22 heavy (non-hydrogen) atoms. The quantitative estimate of drug-likeness (QED) is 0.775. The van der Waals surface area contributed by atoms with E-state index in [0.717, 1.165) is 36.3 Å². The Bertz CT molecular complexity index is 641. The van der Waals surface area contributed by atoms with Crippen molar-refractivity contribution in [3.8, 4) is 5.75 Å². The molecular weight excluding hydrogens is 274 g/mol. The van der Waals surface area contributed by atoms with Crippen molar-refractivity contribution in [2.24, 2.45) is 5.41 Å². The molecule has 1 aliphatic heterocycles. The maximum atomic E-state index is 12.6. The molecule has 116 valence electrons. The van der Waals surface area contributed by atoms with Crippen LogP contribution in [-0.4, -0.2) is 24.3 Å². The van der Waals surface area contributed by atoms with Gasteiger partial charge >= 0.3 is 0 Å². The smallest absolute Gasteiger partial charge is 0.165 e. The van der Waals surface area contributed by atoms with Gasteiger partial charge in [-0.25, -0.2) is 0 Å². The lowest BCUT2D eigenvalue weighted by Crippen LogP contribution is -2.36. The molecule has 0 bridgehead atoms. The molecule has 0 amide bonds. The molecule has 0 saturated carbocycles. The monoisotopic (exact) mass is 297 g/mol. The molecule has 2 aliphatic rings. The highest BCUT2D eigenvalue weighted by molar-refractivity contribution is 6.01. The summed E-state index contributed by atoms with van der Waals surface area (Å²) in [6.45, 7) is 5.27. The third-order valence-electron chi connectivity index (χ3n) is 4.43. The molecule has 0 spiro atoms. The Labute approximate surface area is 132 Å². The first kappa shape index (κ1) is 14.9. The van der Waals surface area contributed by atoms with Crippen LogP contribution in [0.15, 0.2) is 53.4 Å². The van der Waals surface area contributed by atoms with Crippen molar-refractivity contribution in [2.75, 3.05) is 13.6 Å². The molecule has 0 aromatic heterocycles. The second-order valence-electron chi connectivity index (χ2n) is 7.01. The van der Waals surface area contributed by atoms with E-state index in [2.05, 4.69) is 25.8 Å². The molecule has 0 saturated heterocycles. The van der Waals surface area contributed by atoms with Crippen molar-refractivity contribution in [3.63, 3.8) is 0 Å². The topological polar surface area (TPSA) is 29.5 Å². The van der Waals surface area contributed by atoms with Crippen molar-refractivity contribution in [1.29, 1.82) is 0 Å². The standard InChI is InChI=1S/C19H23NO2/c1-19(2)11-16-18(17(21)12-19)14(9-10-20(16)3)13-22-15-7-5-4-6-8-15/h4-8,13H,9-12H2,1-3H3/b14-13+. The van der Waals surface area contributed by atoms with Crippen LogP contribution in [0.4, 0.5) is 0 Å². The highest BCUT2D eigenvalue weighted by Gasteiger charge is 2.37. The van der Waals surface area contributed by atoms with Gasteiger partial charge in [0, 0.05) is 36.9 Å². The van der Waals surface area contributed by atoms with Gasteiger partial charge in [-0.2, -0.15) is 0 Å². The van der Waals surface area contributed by atoms with Gasteiger partial charge in [0.15, 0.2) is 5.78 Å². The highest BCUT2D eigenvalue weighted by atomic mass is 16.5. The Hall–Kier alpha value is -2.03. The van der Waals surface area contributed by atoms with E-state index >= 15 is 0 Å². The summed E-state index contributed by atoms with van der Waals surface area (Å²) < 4.78 is 5.76. The van der Waals surface area contributed by atoms with Crippen LogP contribution in [0, 0.1) is 5.41 Å². The lowest BCUT2D eigenvalue weighted by atomic mass is 9.72. The summed E-state index contributed by atoms with van der Waals surface area (Å²) in [5, 5.41) is 0. The molecule has 1 aromatic rings. The number of hydrogen-bond acceptors (Lipinski definition) is 3. The summed E-state index contributed by atoms with van der Waals surface area (Å²) in [4.78, 5) is 14.9. The first-order valence-corrected chi connectivity index (χ1v) is 7.85. The van der Waals surface area contributed by atoms with Crippen molar-refractivity contribution in [3.05, 3.63) is 53.4 Å². The molecule has 1 aliphatic carbocycles. The molecule has 3 nitrogen and oxygen atoms in total. The number of rotatable bonds is 2. The molecule has 0 N–H and O–H groups in total. The molecule has 1 heterocycles. The summed E-state index contributed by atoms with van der Waals surface area (Å²) in [5.74, 6) is 1.06. The number of benzene rings is 1. The lowest BCUT2D eigenvalue weighted by molar-refractivity contribution is -0.118. The zero-order valence-corrected chi connectivity index (χ0v) is 13.6. The molecule has 0 radical (unpaired) electrons. The van der Waals surface area contributed by atoms with Crippen LogP contribution in [0.1, 0.15) is 33.1 Å². The van der Waals surface area contributed by atoms with E-state index in [1.807, 2.05) is 30.3 Å². The number of Topliss-reactive ketones (excluding diaryl/α,β-unsaturated/α-hetero) is 1. The maximum absolute atomic E-state index is 12.6. The minimum Gasteiger partial charge on any atom is -0.465 e. The van der Waals surface area contributed by atoms with Crippen molar-refractivity contribution in [2.45, 2.75) is 33.1 Å². The minimum atomic E-state index is 0.0485. The molecule has 0 fully saturated rings. The molecule has 0 unspecified atom stereocenters. The number of allylic oxidation sites excluding steroid dienone is 2. The van der Waals surface area contributed by atoms with Crippen LogP contribution in [-0.2, 0) is 4.79 Å². The molecule has 0 atom stereocenters. The molecule has 3 rings (SSSR count). The predicted octanol–water partition coefficient (Wildman–Crippen LogP) is 3.93. The normalized spacial score (nSPS) is 22.8. The summed E-state index contributed by atoms with van der Waals surface area (Å²) in [6, 6.07) is 9.70. The van der Waals surface area contributed by atoms with Crippen molar-refractivity contribution in [1.82, 2.24) is 4.90 Å². The number of para-hydroxylation sites is 1. The van der Waals surface area contributed by atoms with Crippen LogP contribution in [0.2, 0.25) is 0 Å². The zero-order chi connectivity index (χ0) is 15.7. The van der Waals surface area contributed by atoms with Gasteiger partial charge in [-0.05, 0) is 30.4 Å². The SMILES string of the molecule is CN1CC/C(=C\Oc2ccccc2)C2=C1CC(C)(C)CC2=O. The van der Waals surface area contributed by atoms with Crippen LogP contribution in [0.3, 0.4) is 0 Å². The second kappa shape index (κ2) is 5.64. The number of nitrogens with zero attached hydrogens (tertiary/aromatic N) is 1. The van der Waals surface area contributed by atoms with E-state index in [0.29, 0.717) is 6.42 Å². The number of carbonyl (C=O) groups is 1. The average molecular weight is 297 g/mol. The fourth-order valence-electron chi connectivity index (χ4n) is 3.28. The van der Waals surface area contributed by atoms with Gasteiger partial charge in [-0.3, -0.25) is 4.79 Å². The molecular formula is C19H23NO2. The predicted molar refractivity (Wildman–Crippen MR) is 87.4 cm³/mol. The fourth-order valence-corrected chi connectivity index (χ4v) is 3.28. The maximum Gasteiger partial charge on any atom is 0.165 e. The first-order chi connectivity index (χ1) is 10.5. The number of carbonyl (C=O) groups excluding carboxylic acids is 1. The third-order valence-corrected chi connectivity index (χ3v) is 4.43. The summed E-state index contributed by atoms with van der Waals surface area (Å²) in [5.41, 5.74) is 3.16. The van der Waals surface area contributed by atoms with Gasteiger partial charge in [0.25, 0.3) is 0 Å². The lowest BCUT2D eigenvalue weighted by Gasteiger charge is -2.40. The van der Waals surface area contributed by atoms with E-state index in [1.54, 1.807) is 6.26 Å². The Kier molecular flexibility index (Phi) is 3.81. The van der Waals surface area contributed by atoms with Crippen LogP contribution >= 0.6 is 0 Å². The fraction of sp³-hybridized carbons (Fsp3) is 0.421. The van der Waals surface area contributed by atoms with E-state index in [-0.39, 0.29) is 11.2 Å². The van der Waals surface area contributed by atoms with Crippen molar-refractivity contribution >= 4 is 5.78 Å². The summed E-state index contributed by atoms with van der Waals surface area (Å²) >= 11 is 0.